The Bertz CT molecular complexity index is 1010. The highest BCUT2D eigenvalue weighted by Gasteiger charge is 2.22. The number of aryl methyl sites for hydroxylation is 1. The molecule has 4 rings (SSSR count). The molecule has 0 radical (unpaired) electrons. The molecule has 0 saturated heterocycles. The molecule has 3 aromatic rings. The number of aromatic nitrogens is 1. The van der Waals surface area contributed by atoms with Crippen molar-refractivity contribution in [1.82, 2.24) is 4.98 Å². The number of para-hydroxylation sites is 1. The van der Waals surface area contributed by atoms with Gasteiger partial charge in [-0.05, 0) is 43.5 Å². The molecule has 1 aliphatic rings. The molecule has 126 valence electrons. The highest BCUT2D eigenvalue weighted by Crippen LogP contribution is 2.30. The van der Waals surface area contributed by atoms with E-state index < -0.39 is 5.97 Å². The largest absolute Gasteiger partial charge is 0.367 e. The second-order valence-corrected chi connectivity index (χ2v) is 6.76. The van der Waals surface area contributed by atoms with E-state index in [4.69, 9.17) is 28.0 Å². The molecule has 0 atom stereocenters. The number of H-pyrrole nitrogens is 1. The van der Waals surface area contributed by atoms with Crippen LogP contribution in [-0.2, 0) is 11.3 Å². The minimum absolute atomic E-state index is 0.241. The second-order valence-electron chi connectivity index (χ2n) is 5.92. The lowest BCUT2D eigenvalue weighted by Crippen LogP contribution is -2.13. The molecule has 0 unspecified atom stereocenters. The van der Waals surface area contributed by atoms with Gasteiger partial charge in [0.2, 0.25) is 0 Å². The van der Waals surface area contributed by atoms with Gasteiger partial charge in [-0.2, -0.15) is 0 Å². The summed E-state index contributed by atoms with van der Waals surface area (Å²) in [6.07, 6.45) is 2.67. The van der Waals surface area contributed by atoms with Gasteiger partial charge < -0.3 is 9.82 Å². The normalized spacial score (nSPS) is 15.4. The molecule has 2 aromatic carbocycles. The number of hydrogen-bond acceptors (Lipinski definition) is 3. The van der Waals surface area contributed by atoms with Crippen molar-refractivity contribution in [3.05, 3.63) is 69.3 Å². The Labute approximate surface area is 154 Å². The molecule has 0 aliphatic heterocycles. The van der Waals surface area contributed by atoms with Crippen molar-refractivity contribution in [2.75, 3.05) is 0 Å². The van der Waals surface area contributed by atoms with Crippen molar-refractivity contribution in [3.63, 3.8) is 0 Å². The van der Waals surface area contributed by atoms with E-state index in [1.165, 1.54) is 12.1 Å². The highest BCUT2D eigenvalue weighted by molar-refractivity contribution is 6.36. The van der Waals surface area contributed by atoms with Gasteiger partial charge >= 0.3 is 5.97 Å². The molecule has 0 saturated carbocycles. The van der Waals surface area contributed by atoms with E-state index in [-0.39, 0.29) is 10.6 Å². The number of oxime groups is 1. The molecule has 1 heterocycles. The van der Waals surface area contributed by atoms with E-state index >= 15 is 0 Å². The van der Waals surface area contributed by atoms with Crippen molar-refractivity contribution in [2.24, 2.45) is 5.16 Å². The molecule has 0 bridgehead atoms. The summed E-state index contributed by atoms with van der Waals surface area (Å²) in [4.78, 5) is 20.9. The number of hydrogen-bond donors (Lipinski definition) is 1. The minimum Gasteiger partial charge on any atom is -0.358 e. The Morgan fingerprint density at radius 2 is 1.96 bits per heavy atom. The lowest BCUT2D eigenvalue weighted by molar-refractivity contribution is 0.0515. The number of aromatic amines is 1. The number of nitrogens with one attached hydrogen (secondary N) is 1. The van der Waals surface area contributed by atoms with Gasteiger partial charge in [-0.25, -0.2) is 4.79 Å². The molecular weight excluding hydrogens is 359 g/mol. The van der Waals surface area contributed by atoms with E-state index in [2.05, 4.69) is 10.1 Å². The van der Waals surface area contributed by atoms with Gasteiger partial charge in [0.1, 0.15) is 0 Å². The molecule has 0 spiro atoms. The topological polar surface area (TPSA) is 54.4 Å². The van der Waals surface area contributed by atoms with Gasteiger partial charge in [-0.1, -0.05) is 46.6 Å². The first kappa shape index (κ1) is 16.2. The van der Waals surface area contributed by atoms with Crippen LogP contribution in [0.4, 0.5) is 0 Å². The lowest BCUT2D eigenvalue weighted by atomic mass is 9.94. The number of benzene rings is 2. The fraction of sp³-hybridized carbons (Fsp3) is 0.158. The summed E-state index contributed by atoms with van der Waals surface area (Å²) in [5, 5.41) is 5.94. The average Bonchev–Trinajstić information content (AvgIpc) is 2.99. The van der Waals surface area contributed by atoms with Crippen molar-refractivity contribution in [2.45, 2.75) is 19.3 Å². The monoisotopic (exact) mass is 372 g/mol. The van der Waals surface area contributed by atoms with E-state index in [9.17, 15) is 4.79 Å². The van der Waals surface area contributed by atoms with E-state index in [1.807, 2.05) is 24.3 Å². The Kier molecular flexibility index (Phi) is 4.24. The Hall–Kier alpha value is -2.30. The fourth-order valence-corrected chi connectivity index (χ4v) is 3.65. The van der Waals surface area contributed by atoms with Gasteiger partial charge in [-0.3, -0.25) is 0 Å². The first-order valence-corrected chi connectivity index (χ1v) is 8.72. The van der Waals surface area contributed by atoms with Gasteiger partial charge in [0.25, 0.3) is 0 Å². The third-order valence-electron chi connectivity index (χ3n) is 4.30. The second kappa shape index (κ2) is 6.54. The van der Waals surface area contributed by atoms with Crippen molar-refractivity contribution < 1.29 is 9.63 Å². The maximum atomic E-state index is 12.3. The fourth-order valence-electron chi connectivity index (χ4n) is 3.16. The summed E-state index contributed by atoms with van der Waals surface area (Å²) in [6.45, 7) is 0. The van der Waals surface area contributed by atoms with Crippen LogP contribution in [0, 0.1) is 0 Å². The Morgan fingerprint density at radius 1 is 1.12 bits per heavy atom. The molecule has 0 amide bonds. The van der Waals surface area contributed by atoms with Crippen LogP contribution in [0.15, 0.2) is 47.6 Å². The third-order valence-corrected chi connectivity index (χ3v) is 4.85. The molecule has 1 aromatic heterocycles. The maximum absolute atomic E-state index is 12.3. The molecule has 1 N–H and O–H groups in total. The van der Waals surface area contributed by atoms with E-state index in [0.29, 0.717) is 5.02 Å². The average molecular weight is 373 g/mol. The molecular formula is C19H14Cl2N2O2. The van der Waals surface area contributed by atoms with Gasteiger partial charge in [0.15, 0.2) is 0 Å². The molecule has 4 nitrogen and oxygen atoms in total. The van der Waals surface area contributed by atoms with Crippen LogP contribution in [0.2, 0.25) is 10.0 Å². The van der Waals surface area contributed by atoms with Crippen LogP contribution in [0.3, 0.4) is 0 Å². The van der Waals surface area contributed by atoms with Crippen molar-refractivity contribution in [3.8, 4) is 0 Å². The summed E-state index contributed by atoms with van der Waals surface area (Å²) in [6, 6.07) is 12.7. The standard InChI is InChI=1S/C19H14Cl2N2O2/c20-11-8-9-12(14(21)10-11)19(24)25-23-17-7-3-6-16-18(17)13-4-1-2-5-15(13)22-16/h1-2,4-5,8-10,22H,3,6-7H2. The summed E-state index contributed by atoms with van der Waals surface area (Å²) in [5.74, 6) is -0.596. The van der Waals surface area contributed by atoms with Crippen molar-refractivity contribution in [1.29, 1.82) is 0 Å². The maximum Gasteiger partial charge on any atom is 0.367 e. The number of rotatable bonds is 2. The van der Waals surface area contributed by atoms with Crippen molar-refractivity contribution >= 4 is 45.8 Å². The number of carbonyl (C=O) groups is 1. The molecule has 6 heteroatoms. The van der Waals surface area contributed by atoms with E-state index in [0.717, 1.165) is 47.1 Å². The highest BCUT2D eigenvalue weighted by atomic mass is 35.5. The first-order valence-electron chi connectivity index (χ1n) is 7.96. The summed E-state index contributed by atoms with van der Waals surface area (Å²) < 4.78 is 0. The molecule has 25 heavy (non-hydrogen) atoms. The number of nitrogens with zero attached hydrogens (tertiary/aromatic N) is 1. The Balaban J connectivity index is 1.66. The van der Waals surface area contributed by atoms with Crippen LogP contribution in [0.5, 0.6) is 0 Å². The van der Waals surface area contributed by atoms with Crippen LogP contribution >= 0.6 is 23.2 Å². The summed E-state index contributed by atoms with van der Waals surface area (Å²) in [7, 11) is 0. The zero-order chi connectivity index (χ0) is 17.4. The van der Waals surface area contributed by atoms with Crippen LogP contribution in [0.25, 0.3) is 10.9 Å². The predicted octanol–water partition coefficient (Wildman–Crippen LogP) is 5.37. The lowest BCUT2D eigenvalue weighted by Gasteiger charge is -2.13. The smallest absolute Gasteiger partial charge is 0.358 e. The van der Waals surface area contributed by atoms with Crippen LogP contribution in [-0.4, -0.2) is 16.7 Å². The number of fused-ring (bicyclic) bond motifs is 3. The number of carbonyl (C=O) groups excluding carboxylic acids is 1. The predicted molar refractivity (Wildman–Crippen MR) is 99.7 cm³/mol. The van der Waals surface area contributed by atoms with Crippen LogP contribution in [0.1, 0.15) is 34.5 Å². The third kappa shape index (κ3) is 3.03. The number of halogens is 2. The zero-order valence-electron chi connectivity index (χ0n) is 13.2. The molecule has 1 aliphatic carbocycles. The summed E-state index contributed by atoms with van der Waals surface area (Å²) in [5.41, 5.74) is 4.25. The summed E-state index contributed by atoms with van der Waals surface area (Å²) >= 11 is 11.9. The SMILES string of the molecule is O=C(ON=C1CCCc2[nH]c3ccccc3c21)c1ccc(Cl)cc1Cl. The quantitative estimate of drug-likeness (QED) is 0.485. The van der Waals surface area contributed by atoms with Gasteiger partial charge in [0.05, 0.1) is 16.3 Å². The molecule has 0 fully saturated rings. The minimum atomic E-state index is -0.596. The zero-order valence-corrected chi connectivity index (χ0v) is 14.7. The van der Waals surface area contributed by atoms with Gasteiger partial charge in [0, 0.05) is 27.2 Å². The van der Waals surface area contributed by atoms with E-state index in [1.54, 1.807) is 6.07 Å². The van der Waals surface area contributed by atoms with Crippen LogP contribution < -0.4 is 0 Å². The Morgan fingerprint density at radius 3 is 2.80 bits per heavy atom. The first-order chi connectivity index (χ1) is 12.1. The van der Waals surface area contributed by atoms with Gasteiger partial charge in [-0.15, -0.1) is 0 Å².